The molecule has 2 rings (SSSR count). The Morgan fingerprint density at radius 3 is 2.85 bits per heavy atom. The Labute approximate surface area is 116 Å². The van der Waals surface area contributed by atoms with Gasteiger partial charge in [-0.25, -0.2) is 4.68 Å². The maximum atomic E-state index is 12.6. The van der Waals surface area contributed by atoms with Crippen LogP contribution in [0.2, 0.25) is 0 Å². The highest BCUT2D eigenvalue weighted by atomic mass is 16.5. The molecule has 1 atom stereocenters. The first-order valence-corrected chi connectivity index (χ1v) is 6.52. The van der Waals surface area contributed by atoms with Crippen molar-refractivity contribution in [3.63, 3.8) is 0 Å². The van der Waals surface area contributed by atoms with E-state index in [9.17, 15) is 9.59 Å². The summed E-state index contributed by atoms with van der Waals surface area (Å²) in [6.07, 6.45) is -0.389. The number of aliphatic hydroxyl groups excluding tert-OH is 1. The lowest BCUT2D eigenvalue weighted by atomic mass is 10.1. The molecule has 1 amide bonds. The summed E-state index contributed by atoms with van der Waals surface area (Å²) in [5.74, 6) is -0.324. The van der Waals surface area contributed by atoms with Crippen LogP contribution in [0.1, 0.15) is 21.6 Å². The Balaban J connectivity index is 2.36. The number of carbonyl (C=O) groups excluding carboxylic acids is 1. The predicted molar refractivity (Wildman–Crippen MR) is 71.7 cm³/mol. The Bertz CT molecular complexity index is 582. The summed E-state index contributed by atoms with van der Waals surface area (Å²) in [4.78, 5) is 26.3. The fraction of sp³-hybridized carbons (Fsp3) is 0.615. The minimum atomic E-state index is -0.398. The molecule has 2 heterocycles. The minimum absolute atomic E-state index is 0.143. The summed E-state index contributed by atoms with van der Waals surface area (Å²) < 4.78 is 6.49. The van der Waals surface area contributed by atoms with Crippen LogP contribution in [0, 0.1) is 13.8 Å². The molecule has 20 heavy (non-hydrogen) atoms. The van der Waals surface area contributed by atoms with Gasteiger partial charge in [-0.2, -0.15) is 5.10 Å². The normalized spacial score (nSPS) is 19.2. The highest BCUT2D eigenvalue weighted by molar-refractivity contribution is 5.95. The van der Waals surface area contributed by atoms with Crippen LogP contribution in [0.25, 0.3) is 0 Å². The van der Waals surface area contributed by atoms with Gasteiger partial charge in [0.25, 0.3) is 11.5 Å². The number of ether oxygens (including phenoxy) is 1. The van der Waals surface area contributed by atoms with Crippen LogP contribution in [0.5, 0.6) is 0 Å². The van der Waals surface area contributed by atoms with Gasteiger partial charge in [0.15, 0.2) is 0 Å². The quantitative estimate of drug-likeness (QED) is 0.769. The summed E-state index contributed by atoms with van der Waals surface area (Å²) in [7, 11) is 1.53. The number of carbonyl (C=O) groups is 1. The lowest BCUT2D eigenvalue weighted by Crippen LogP contribution is -2.48. The van der Waals surface area contributed by atoms with E-state index in [1.807, 2.05) is 0 Å². The first-order chi connectivity index (χ1) is 9.45. The molecule has 0 spiro atoms. The molecule has 1 fully saturated rings. The van der Waals surface area contributed by atoms with Crippen molar-refractivity contribution in [2.75, 3.05) is 26.3 Å². The number of nitrogens with zero attached hydrogens (tertiary/aromatic N) is 3. The molecule has 1 aliphatic heterocycles. The molecule has 0 radical (unpaired) electrons. The van der Waals surface area contributed by atoms with Gasteiger partial charge in [0, 0.05) is 20.1 Å². The maximum Gasteiger partial charge on any atom is 0.279 e. The van der Waals surface area contributed by atoms with Gasteiger partial charge in [-0.1, -0.05) is 0 Å². The summed E-state index contributed by atoms with van der Waals surface area (Å²) in [5, 5.41) is 13.2. The molecule has 0 saturated carbocycles. The zero-order chi connectivity index (χ0) is 14.9. The van der Waals surface area contributed by atoms with E-state index < -0.39 is 5.56 Å². The molecule has 0 aromatic carbocycles. The standard InChI is InChI=1S/C13H19N3O4/c1-8-9(2)14-15(3)12(18)11(8)13(19)16-4-5-20-10(6-16)7-17/h10,17H,4-7H2,1-3H3. The molecule has 1 saturated heterocycles. The molecule has 110 valence electrons. The average Bonchev–Trinajstić information content (AvgIpc) is 2.45. The number of hydrogen-bond donors (Lipinski definition) is 1. The molecule has 0 bridgehead atoms. The highest BCUT2D eigenvalue weighted by Gasteiger charge is 2.28. The van der Waals surface area contributed by atoms with Crippen molar-refractivity contribution in [1.82, 2.24) is 14.7 Å². The fourth-order valence-electron chi connectivity index (χ4n) is 2.27. The zero-order valence-corrected chi connectivity index (χ0v) is 11.9. The first kappa shape index (κ1) is 14.7. The molecule has 1 aromatic rings. The van der Waals surface area contributed by atoms with Gasteiger partial charge in [-0.05, 0) is 19.4 Å². The van der Waals surface area contributed by atoms with Crippen molar-refractivity contribution in [3.05, 3.63) is 27.2 Å². The Kier molecular flexibility index (Phi) is 4.20. The largest absolute Gasteiger partial charge is 0.394 e. The minimum Gasteiger partial charge on any atom is -0.394 e. The van der Waals surface area contributed by atoms with Gasteiger partial charge in [-0.15, -0.1) is 0 Å². The van der Waals surface area contributed by atoms with Crippen molar-refractivity contribution < 1.29 is 14.6 Å². The molecule has 0 aliphatic carbocycles. The number of amides is 1. The van der Waals surface area contributed by atoms with E-state index in [4.69, 9.17) is 9.84 Å². The van der Waals surface area contributed by atoms with Crippen LogP contribution in [0.15, 0.2) is 4.79 Å². The Morgan fingerprint density at radius 1 is 1.50 bits per heavy atom. The smallest absolute Gasteiger partial charge is 0.279 e. The third kappa shape index (κ3) is 2.59. The van der Waals surface area contributed by atoms with Gasteiger partial charge in [-0.3, -0.25) is 9.59 Å². The van der Waals surface area contributed by atoms with E-state index in [1.54, 1.807) is 18.7 Å². The maximum absolute atomic E-state index is 12.6. The average molecular weight is 281 g/mol. The summed E-state index contributed by atoms with van der Waals surface area (Å²) >= 11 is 0. The number of hydrogen-bond acceptors (Lipinski definition) is 5. The van der Waals surface area contributed by atoms with Crippen molar-refractivity contribution in [2.45, 2.75) is 20.0 Å². The monoisotopic (exact) mass is 281 g/mol. The van der Waals surface area contributed by atoms with Crippen LogP contribution in [-0.2, 0) is 11.8 Å². The molecule has 7 nitrogen and oxygen atoms in total. The van der Waals surface area contributed by atoms with Crippen molar-refractivity contribution in [3.8, 4) is 0 Å². The van der Waals surface area contributed by atoms with E-state index in [-0.39, 0.29) is 24.2 Å². The SMILES string of the molecule is Cc1nn(C)c(=O)c(C(=O)N2CCOC(CO)C2)c1C. The molecular formula is C13H19N3O4. The number of morpholine rings is 1. The van der Waals surface area contributed by atoms with Gasteiger partial charge in [0.1, 0.15) is 5.56 Å². The lowest BCUT2D eigenvalue weighted by molar-refractivity contribution is -0.0448. The zero-order valence-electron chi connectivity index (χ0n) is 11.9. The van der Waals surface area contributed by atoms with Crippen molar-refractivity contribution >= 4 is 5.91 Å². The van der Waals surface area contributed by atoms with Crippen molar-refractivity contribution in [2.24, 2.45) is 7.05 Å². The molecule has 1 unspecified atom stereocenters. The number of aliphatic hydroxyl groups is 1. The number of aromatic nitrogens is 2. The van der Waals surface area contributed by atoms with Crippen LogP contribution in [0.4, 0.5) is 0 Å². The summed E-state index contributed by atoms with van der Waals surface area (Å²) in [6, 6.07) is 0. The van der Waals surface area contributed by atoms with Gasteiger partial charge >= 0.3 is 0 Å². The Hall–Kier alpha value is -1.73. The van der Waals surface area contributed by atoms with Gasteiger partial charge in [0.2, 0.25) is 0 Å². The Morgan fingerprint density at radius 2 is 2.20 bits per heavy atom. The third-order valence-electron chi connectivity index (χ3n) is 3.57. The summed E-state index contributed by atoms with van der Waals surface area (Å²) in [6.45, 7) is 4.41. The molecular weight excluding hydrogens is 262 g/mol. The number of rotatable bonds is 2. The van der Waals surface area contributed by atoms with E-state index in [0.717, 1.165) is 0 Å². The van der Waals surface area contributed by atoms with E-state index >= 15 is 0 Å². The second-order valence-corrected chi connectivity index (χ2v) is 4.94. The second-order valence-electron chi connectivity index (χ2n) is 4.94. The highest BCUT2D eigenvalue weighted by Crippen LogP contribution is 2.12. The molecule has 1 aromatic heterocycles. The van der Waals surface area contributed by atoms with E-state index in [2.05, 4.69) is 5.10 Å². The van der Waals surface area contributed by atoms with Gasteiger partial charge in [0.05, 0.1) is 25.0 Å². The molecule has 7 heteroatoms. The van der Waals surface area contributed by atoms with Crippen LogP contribution < -0.4 is 5.56 Å². The topological polar surface area (TPSA) is 84.7 Å². The lowest BCUT2D eigenvalue weighted by Gasteiger charge is -2.32. The van der Waals surface area contributed by atoms with E-state index in [1.165, 1.54) is 11.7 Å². The fourth-order valence-corrected chi connectivity index (χ4v) is 2.27. The first-order valence-electron chi connectivity index (χ1n) is 6.52. The summed E-state index contributed by atoms with van der Waals surface area (Å²) in [5.41, 5.74) is 1.01. The van der Waals surface area contributed by atoms with Crippen LogP contribution in [-0.4, -0.2) is 58.1 Å². The second kappa shape index (κ2) is 5.72. The van der Waals surface area contributed by atoms with Crippen molar-refractivity contribution in [1.29, 1.82) is 0 Å². The molecule has 1 N–H and O–H groups in total. The number of aryl methyl sites for hydroxylation is 2. The van der Waals surface area contributed by atoms with Gasteiger partial charge < -0.3 is 14.7 Å². The van der Waals surface area contributed by atoms with Crippen LogP contribution >= 0.6 is 0 Å². The van der Waals surface area contributed by atoms with Crippen LogP contribution in [0.3, 0.4) is 0 Å². The predicted octanol–water partition coefficient (Wildman–Crippen LogP) is -0.770. The van der Waals surface area contributed by atoms with E-state index in [0.29, 0.717) is 31.0 Å². The third-order valence-corrected chi connectivity index (χ3v) is 3.57. The molecule has 1 aliphatic rings.